The topological polar surface area (TPSA) is 72.2 Å². The third-order valence-electron chi connectivity index (χ3n) is 4.39. The molecule has 3 aromatic carbocycles. The van der Waals surface area contributed by atoms with Crippen LogP contribution < -0.4 is 0 Å². The lowest BCUT2D eigenvalue weighted by Crippen LogP contribution is -2.14. The van der Waals surface area contributed by atoms with Gasteiger partial charge in [0.1, 0.15) is 11.5 Å². The van der Waals surface area contributed by atoms with Crippen LogP contribution in [0, 0.1) is 5.82 Å². The number of hydrogen-bond donors (Lipinski definition) is 1. The maximum Gasteiger partial charge on any atom is 0.335 e. The number of fused-ring (bicyclic) bond motifs is 1. The molecule has 0 amide bonds. The first-order chi connectivity index (χ1) is 13.9. The van der Waals surface area contributed by atoms with Crippen LogP contribution in [0.2, 0.25) is 10.0 Å². The molecule has 0 atom stereocenters. The Kier molecular flexibility index (Phi) is 4.82. The van der Waals surface area contributed by atoms with E-state index in [4.69, 9.17) is 23.2 Å². The molecule has 0 spiro atoms. The predicted molar refractivity (Wildman–Crippen MR) is 108 cm³/mol. The van der Waals surface area contributed by atoms with E-state index in [1.165, 1.54) is 42.5 Å². The average Bonchev–Trinajstić information content (AvgIpc) is 3.06. The monoisotopic (exact) mass is 428 g/mol. The Balaban J connectivity index is 1.97. The van der Waals surface area contributed by atoms with Crippen molar-refractivity contribution in [3.63, 3.8) is 0 Å². The molecule has 29 heavy (non-hydrogen) atoms. The number of benzene rings is 3. The molecule has 0 unspecified atom stereocenters. The van der Waals surface area contributed by atoms with E-state index in [1.807, 2.05) is 0 Å². The Labute approximate surface area is 173 Å². The van der Waals surface area contributed by atoms with Gasteiger partial charge in [0, 0.05) is 10.9 Å². The van der Waals surface area contributed by atoms with E-state index in [0.717, 1.165) is 4.68 Å². The minimum atomic E-state index is -1.11. The van der Waals surface area contributed by atoms with Crippen molar-refractivity contribution in [1.29, 1.82) is 0 Å². The Bertz CT molecular complexity index is 1280. The highest BCUT2D eigenvalue weighted by Crippen LogP contribution is 2.32. The highest BCUT2D eigenvalue weighted by molar-refractivity contribution is 6.40. The largest absolute Gasteiger partial charge is 0.478 e. The fourth-order valence-corrected chi connectivity index (χ4v) is 3.63. The zero-order valence-electron chi connectivity index (χ0n) is 14.6. The summed E-state index contributed by atoms with van der Waals surface area (Å²) in [5, 5.41) is 14.3. The van der Waals surface area contributed by atoms with Crippen LogP contribution in [0.1, 0.15) is 20.7 Å². The van der Waals surface area contributed by atoms with Gasteiger partial charge in [-0.25, -0.2) is 9.18 Å². The van der Waals surface area contributed by atoms with E-state index in [2.05, 4.69) is 5.10 Å². The predicted octanol–water partition coefficient (Wildman–Crippen LogP) is 5.54. The summed E-state index contributed by atoms with van der Waals surface area (Å²) in [5.41, 5.74) is 1.14. The quantitative estimate of drug-likeness (QED) is 0.465. The Morgan fingerprint density at radius 3 is 2.34 bits per heavy atom. The summed E-state index contributed by atoms with van der Waals surface area (Å²) in [6.07, 6.45) is 0. The third-order valence-corrected chi connectivity index (χ3v) is 5.02. The molecular weight excluding hydrogens is 418 g/mol. The number of carboxylic acid groups (broad SMARTS) is 1. The summed E-state index contributed by atoms with van der Waals surface area (Å²) in [4.78, 5) is 24.5. The van der Waals surface area contributed by atoms with Crippen LogP contribution in [0.25, 0.3) is 22.2 Å². The Morgan fingerprint density at radius 1 is 0.966 bits per heavy atom. The molecule has 144 valence electrons. The number of aromatic nitrogens is 2. The van der Waals surface area contributed by atoms with E-state index in [-0.39, 0.29) is 26.9 Å². The van der Waals surface area contributed by atoms with Gasteiger partial charge < -0.3 is 5.11 Å². The van der Waals surface area contributed by atoms with Gasteiger partial charge >= 0.3 is 5.97 Å². The van der Waals surface area contributed by atoms with E-state index in [0.29, 0.717) is 16.5 Å². The van der Waals surface area contributed by atoms with E-state index in [9.17, 15) is 19.1 Å². The van der Waals surface area contributed by atoms with E-state index >= 15 is 0 Å². The maximum absolute atomic E-state index is 13.9. The fourth-order valence-electron chi connectivity index (χ4n) is 3.07. The van der Waals surface area contributed by atoms with Crippen LogP contribution in [0.4, 0.5) is 4.39 Å². The lowest BCUT2D eigenvalue weighted by Gasteiger charge is -2.06. The molecule has 0 fully saturated rings. The molecule has 0 saturated heterocycles. The molecule has 0 saturated carbocycles. The smallest absolute Gasteiger partial charge is 0.335 e. The molecule has 0 radical (unpaired) electrons. The third kappa shape index (κ3) is 3.37. The van der Waals surface area contributed by atoms with Crippen molar-refractivity contribution in [2.45, 2.75) is 0 Å². The molecule has 5 nitrogen and oxygen atoms in total. The van der Waals surface area contributed by atoms with Crippen molar-refractivity contribution in [2.24, 2.45) is 0 Å². The number of carboxylic acids is 1. The van der Waals surface area contributed by atoms with Gasteiger partial charge in [-0.05, 0) is 42.5 Å². The number of carbonyl (C=O) groups is 2. The summed E-state index contributed by atoms with van der Waals surface area (Å²) in [7, 11) is 0. The van der Waals surface area contributed by atoms with Crippen LogP contribution in [-0.2, 0) is 0 Å². The molecule has 0 aliphatic rings. The highest BCUT2D eigenvalue weighted by atomic mass is 35.5. The van der Waals surface area contributed by atoms with E-state index in [1.54, 1.807) is 18.2 Å². The minimum absolute atomic E-state index is 0.0436. The number of carbonyl (C=O) groups excluding carboxylic acids is 1. The van der Waals surface area contributed by atoms with Crippen molar-refractivity contribution in [3.8, 4) is 11.3 Å². The van der Waals surface area contributed by atoms with Gasteiger partial charge in [0.25, 0.3) is 5.91 Å². The Hall–Kier alpha value is -3.22. The van der Waals surface area contributed by atoms with Gasteiger partial charge in [0.15, 0.2) is 0 Å². The lowest BCUT2D eigenvalue weighted by molar-refractivity contribution is 0.0696. The number of nitrogens with zero attached hydrogens (tertiary/aromatic N) is 2. The first kappa shape index (κ1) is 19.1. The first-order valence-corrected chi connectivity index (χ1v) is 9.13. The van der Waals surface area contributed by atoms with Crippen molar-refractivity contribution < 1.29 is 19.1 Å². The van der Waals surface area contributed by atoms with Crippen molar-refractivity contribution in [2.75, 3.05) is 0 Å². The average molecular weight is 429 g/mol. The molecule has 0 bridgehead atoms. The molecule has 1 N–H and O–H groups in total. The number of aromatic carboxylic acids is 1. The van der Waals surface area contributed by atoms with Gasteiger partial charge in [-0.2, -0.15) is 9.78 Å². The van der Waals surface area contributed by atoms with Crippen LogP contribution >= 0.6 is 23.2 Å². The molecule has 4 rings (SSSR count). The van der Waals surface area contributed by atoms with Crippen LogP contribution in [0.15, 0.2) is 60.7 Å². The van der Waals surface area contributed by atoms with Gasteiger partial charge in [0.2, 0.25) is 0 Å². The molecular formula is C21H11Cl2FN2O3. The lowest BCUT2D eigenvalue weighted by atomic mass is 10.0. The second kappa shape index (κ2) is 7.31. The molecule has 1 heterocycles. The van der Waals surface area contributed by atoms with Crippen LogP contribution in [0.5, 0.6) is 0 Å². The zero-order chi connectivity index (χ0) is 20.7. The number of halogens is 3. The fraction of sp³-hybridized carbons (Fsp3) is 0. The summed E-state index contributed by atoms with van der Waals surface area (Å²) in [5.74, 6) is -2.21. The van der Waals surface area contributed by atoms with Crippen LogP contribution in [-0.4, -0.2) is 26.8 Å². The second-order valence-electron chi connectivity index (χ2n) is 6.21. The highest BCUT2D eigenvalue weighted by Gasteiger charge is 2.22. The summed E-state index contributed by atoms with van der Waals surface area (Å²) in [6.45, 7) is 0. The van der Waals surface area contributed by atoms with Gasteiger partial charge in [-0.15, -0.1) is 0 Å². The Morgan fingerprint density at radius 2 is 1.66 bits per heavy atom. The summed E-state index contributed by atoms with van der Waals surface area (Å²) < 4.78 is 15.0. The standard InChI is InChI=1S/C21H11Cl2FN2O3/c22-15-5-2-6-16(23)18(15)20(27)26-17-8-7-13(24)10-14(17)19(25-26)11-3-1-4-12(9-11)21(28)29/h1-10H,(H,28,29). The van der Waals surface area contributed by atoms with Crippen molar-refractivity contribution in [1.82, 2.24) is 9.78 Å². The van der Waals surface area contributed by atoms with Crippen LogP contribution in [0.3, 0.4) is 0 Å². The minimum Gasteiger partial charge on any atom is -0.478 e. The molecule has 1 aromatic heterocycles. The zero-order valence-corrected chi connectivity index (χ0v) is 16.1. The van der Waals surface area contributed by atoms with Gasteiger partial charge in [0.05, 0.1) is 26.7 Å². The van der Waals surface area contributed by atoms with Crippen molar-refractivity contribution >= 4 is 46.0 Å². The number of rotatable bonds is 3. The van der Waals surface area contributed by atoms with Gasteiger partial charge in [-0.1, -0.05) is 41.4 Å². The summed E-state index contributed by atoms with van der Waals surface area (Å²) in [6, 6.07) is 14.6. The maximum atomic E-state index is 13.9. The molecule has 8 heteroatoms. The summed E-state index contributed by atoms with van der Waals surface area (Å²) >= 11 is 12.3. The first-order valence-electron chi connectivity index (χ1n) is 8.37. The van der Waals surface area contributed by atoms with Crippen molar-refractivity contribution in [3.05, 3.63) is 87.7 Å². The SMILES string of the molecule is O=C(O)c1cccc(-c2nn(C(=O)c3c(Cl)cccc3Cl)c3ccc(F)cc23)c1. The molecule has 0 aliphatic heterocycles. The number of hydrogen-bond acceptors (Lipinski definition) is 3. The molecule has 4 aromatic rings. The normalized spacial score (nSPS) is 11.0. The second-order valence-corrected chi connectivity index (χ2v) is 7.02. The molecule has 0 aliphatic carbocycles. The van der Waals surface area contributed by atoms with E-state index < -0.39 is 17.7 Å². The van der Waals surface area contributed by atoms with Gasteiger partial charge in [-0.3, -0.25) is 4.79 Å².